The highest BCUT2D eigenvalue weighted by molar-refractivity contribution is 5.80. The van der Waals surface area contributed by atoms with Crippen LogP contribution in [-0.4, -0.2) is 44.4 Å². The van der Waals surface area contributed by atoms with Crippen LogP contribution in [0.2, 0.25) is 0 Å². The Bertz CT molecular complexity index is 167. The fourth-order valence-corrected chi connectivity index (χ4v) is 1.03. The topological polar surface area (TPSA) is 73.6 Å². The van der Waals surface area contributed by atoms with E-state index in [0.29, 0.717) is 26.4 Å². The molecular formula is C8H16N2O3. The molecule has 2 atom stereocenters. The van der Waals surface area contributed by atoms with Crippen LogP contribution in [0, 0.1) is 0 Å². The maximum Gasteiger partial charge on any atom is 0.236 e. The van der Waals surface area contributed by atoms with Crippen molar-refractivity contribution in [3.63, 3.8) is 0 Å². The van der Waals surface area contributed by atoms with E-state index in [1.165, 1.54) is 0 Å². The monoisotopic (exact) mass is 188 g/mol. The summed E-state index contributed by atoms with van der Waals surface area (Å²) in [4.78, 5) is 11.1. The van der Waals surface area contributed by atoms with Crippen LogP contribution in [0.15, 0.2) is 0 Å². The first kappa shape index (κ1) is 10.4. The van der Waals surface area contributed by atoms with Crippen LogP contribution in [-0.2, 0) is 14.3 Å². The van der Waals surface area contributed by atoms with Crippen LogP contribution in [0.5, 0.6) is 0 Å². The number of nitrogens with one attached hydrogen (secondary N) is 1. The molecule has 1 aliphatic rings. The van der Waals surface area contributed by atoms with Crippen molar-refractivity contribution in [1.82, 2.24) is 5.32 Å². The number of carbonyl (C=O) groups excluding carboxylic acids is 1. The molecule has 0 spiro atoms. The van der Waals surface area contributed by atoms with E-state index in [4.69, 9.17) is 15.2 Å². The molecule has 76 valence electrons. The van der Waals surface area contributed by atoms with E-state index in [-0.39, 0.29) is 12.0 Å². The Morgan fingerprint density at radius 3 is 3.00 bits per heavy atom. The SMILES string of the molecule is C[C@H](N)C(=O)NCC1COCCO1. The predicted octanol–water partition coefficient (Wildman–Crippen LogP) is -1.13. The summed E-state index contributed by atoms with van der Waals surface area (Å²) in [5, 5.41) is 2.68. The van der Waals surface area contributed by atoms with Crippen LogP contribution in [0.1, 0.15) is 6.92 Å². The quantitative estimate of drug-likeness (QED) is 0.587. The first-order valence-corrected chi connectivity index (χ1v) is 4.43. The fraction of sp³-hybridized carbons (Fsp3) is 0.875. The zero-order valence-corrected chi connectivity index (χ0v) is 7.79. The molecule has 0 aromatic carbocycles. The normalized spacial score (nSPS) is 25.2. The second-order valence-corrected chi connectivity index (χ2v) is 3.10. The van der Waals surface area contributed by atoms with Gasteiger partial charge in [0.2, 0.25) is 5.91 Å². The summed E-state index contributed by atoms with van der Waals surface area (Å²) < 4.78 is 10.5. The maximum absolute atomic E-state index is 11.1. The summed E-state index contributed by atoms with van der Waals surface area (Å²) in [7, 11) is 0. The van der Waals surface area contributed by atoms with Crippen molar-refractivity contribution in [2.75, 3.05) is 26.4 Å². The average Bonchev–Trinajstić information content (AvgIpc) is 2.15. The molecule has 1 aliphatic heterocycles. The van der Waals surface area contributed by atoms with E-state index >= 15 is 0 Å². The van der Waals surface area contributed by atoms with Gasteiger partial charge < -0.3 is 20.5 Å². The lowest BCUT2D eigenvalue weighted by atomic mass is 10.3. The molecule has 0 aromatic rings. The zero-order chi connectivity index (χ0) is 9.68. The van der Waals surface area contributed by atoms with Gasteiger partial charge in [-0.1, -0.05) is 0 Å². The molecule has 1 heterocycles. The van der Waals surface area contributed by atoms with Gasteiger partial charge in [0.15, 0.2) is 0 Å². The minimum absolute atomic E-state index is 0.0311. The van der Waals surface area contributed by atoms with E-state index in [1.807, 2.05) is 0 Å². The summed E-state index contributed by atoms with van der Waals surface area (Å²) in [5.74, 6) is -0.158. The van der Waals surface area contributed by atoms with Gasteiger partial charge in [0.25, 0.3) is 0 Å². The number of ether oxygens (including phenoxy) is 2. The molecule has 0 aromatic heterocycles. The summed E-state index contributed by atoms with van der Waals surface area (Å²) in [6.07, 6.45) is -0.0311. The van der Waals surface area contributed by atoms with Crippen LogP contribution < -0.4 is 11.1 Å². The minimum atomic E-state index is -0.468. The van der Waals surface area contributed by atoms with E-state index < -0.39 is 6.04 Å². The lowest BCUT2D eigenvalue weighted by Crippen LogP contribution is -2.44. The van der Waals surface area contributed by atoms with Crippen LogP contribution >= 0.6 is 0 Å². The van der Waals surface area contributed by atoms with Crippen molar-refractivity contribution in [2.45, 2.75) is 19.1 Å². The third-order valence-electron chi connectivity index (χ3n) is 1.80. The second-order valence-electron chi connectivity index (χ2n) is 3.10. The second kappa shape index (κ2) is 5.16. The predicted molar refractivity (Wildman–Crippen MR) is 47.2 cm³/mol. The molecular weight excluding hydrogens is 172 g/mol. The Morgan fingerprint density at radius 1 is 1.69 bits per heavy atom. The first-order chi connectivity index (χ1) is 6.20. The van der Waals surface area contributed by atoms with E-state index in [9.17, 15) is 4.79 Å². The molecule has 1 unspecified atom stereocenters. The third-order valence-corrected chi connectivity index (χ3v) is 1.80. The molecule has 1 rings (SSSR count). The molecule has 1 amide bonds. The highest BCUT2D eigenvalue weighted by atomic mass is 16.6. The van der Waals surface area contributed by atoms with Crippen molar-refractivity contribution in [2.24, 2.45) is 5.73 Å². The number of rotatable bonds is 3. The van der Waals surface area contributed by atoms with Crippen molar-refractivity contribution in [3.05, 3.63) is 0 Å². The number of hydrogen-bond acceptors (Lipinski definition) is 4. The van der Waals surface area contributed by atoms with Gasteiger partial charge in [-0.15, -0.1) is 0 Å². The molecule has 0 aliphatic carbocycles. The third kappa shape index (κ3) is 3.71. The summed E-state index contributed by atoms with van der Waals surface area (Å²) in [6.45, 7) is 3.89. The molecule has 13 heavy (non-hydrogen) atoms. The molecule has 0 saturated carbocycles. The molecule has 1 saturated heterocycles. The summed E-state index contributed by atoms with van der Waals surface area (Å²) >= 11 is 0. The zero-order valence-electron chi connectivity index (χ0n) is 7.79. The molecule has 5 nitrogen and oxygen atoms in total. The van der Waals surface area contributed by atoms with Crippen molar-refractivity contribution in [3.8, 4) is 0 Å². The molecule has 3 N–H and O–H groups in total. The summed E-state index contributed by atoms with van der Waals surface area (Å²) in [5.41, 5.74) is 5.37. The lowest BCUT2D eigenvalue weighted by Gasteiger charge is -2.23. The van der Waals surface area contributed by atoms with E-state index in [0.717, 1.165) is 0 Å². The van der Waals surface area contributed by atoms with E-state index in [2.05, 4.69) is 5.32 Å². The Labute approximate surface area is 77.6 Å². The standard InChI is InChI=1S/C8H16N2O3/c1-6(9)8(11)10-4-7-5-12-2-3-13-7/h6-7H,2-5,9H2,1H3,(H,10,11)/t6-,7?/m0/s1. The average molecular weight is 188 g/mol. The Morgan fingerprint density at radius 2 is 2.46 bits per heavy atom. The van der Waals surface area contributed by atoms with Gasteiger partial charge in [0.1, 0.15) is 0 Å². The number of hydrogen-bond donors (Lipinski definition) is 2. The van der Waals surface area contributed by atoms with Crippen molar-refractivity contribution >= 4 is 5.91 Å². The molecule has 0 radical (unpaired) electrons. The number of nitrogens with two attached hydrogens (primary N) is 1. The van der Waals surface area contributed by atoms with Gasteiger partial charge in [-0.25, -0.2) is 0 Å². The van der Waals surface area contributed by atoms with Gasteiger partial charge in [0.05, 0.1) is 32.0 Å². The van der Waals surface area contributed by atoms with Gasteiger partial charge in [-0.05, 0) is 6.92 Å². The lowest BCUT2D eigenvalue weighted by molar-refractivity contribution is -0.124. The van der Waals surface area contributed by atoms with Gasteiger partial charge in [-0.2, -0.15) is 0 Å². The Kier molecular flexibility index (Phi) is 4.14. The van der Waals surface area contributed by atoms with Crippen molar-refractivity contribution < 1.29 is 14.3 Å². The smallest absolute Gasteiger partial charge is 0.236 e. The summed E-state index contributed by atoms with van der Waals surface area (Å²) in [6, 6.07) is -0.468. The highest BCUT2D eigenvalue weighted by Crippen LogP contribution is 1.98. The highest BCUT2D eigenvalue weighted by Gasteiger charge is 2.15. The molecule has 1 fully saturated rings. The number of carbonyl (C=O) groups is 1. The fourth-order valence-electron chi connectivity index (χ4n) is 1.03. The molecule has 0 bridgehead atoms. The minimum Gasteiger partial charge on any atom is -0.376 e. The van der Waals surface area contributed by atoms with Crippen LogP contribution in [0.4, 0.5) is 0 Å². The Balaban J connectivity index is 2.13. The van der Waals surface area contributed by atoms with E-state index in [1.54, 1.807) is 6.92 Å². The Hall–Kier alpha value is -0.650. The van der Waals surface area contributed by atoms with Gasteiger partial charge in [0, 0.05) is 6.54 Å². The molecule has 5 heteroatoms. The van der Waals surface area contributed by atoms with Gasteiger partial charge >= 0.3 is 0 Å². The van der Waals surface area contributed by atoms with Gasteiger partial charge in [-0.3, -0.25) is 4.79 Å². The first-order valence-electron chi connectivity index (χ1n) is 4.43. The largest absolute Gasteiger partial charge is 0.376 e. The number of amides is 1. The maximum atomic E-state index is 11.1. The van der Waals surface area contributed by atoms with Crippen LogP contribution in [0.3, 0.4) is 0 Å². The van der Waals surface area contributed by atoms with Crippen molar-refractivity contribution in [1.29, 1.82) is 0 Å². The van der Waals surface area contributed by atoms with Crippen LogP contribution in [0.25, 0.3) is 0 Å².